The van der Waals surface area contributed by atoms with Crippen LogP contribution in [0.1, 0.15) is 33.6 Å². The van der Waals surface area contributed by atoms with Crippen LogP contribution < -0.4 is 10.6 Å². The molecule has 2 aromatic carbocycles. The standard InChI is InChI=1S/C19H18FN3O2S/c20-16-6-2-1-5-15(16)17(24)22-19(26)21-14-9-7-13(8-10-14)18(25)23-11-3-4-12-23/h1-2,5-10H,3-4,11-12H2,(H2,21,22,24,26). The Bertz CT molecular complexity index is 833. The lowest BCUT2D eigenvalue weighted by Gasteiger charge is -2.15. The molecule has 3 rings (SSSR count). The number of amides is 2. The van der Waals surface area contributed by atoms with Crippen LogP contribution in [0.5, 0.6) is 0 Å². The molecule has 0 aliphatic carbocycles. The summed E-state index contributed by atoms with van der Waals surface area (Å²) >= 11 is 5.09. The third-order valence-electron chi connectivity index (χ3n) is 4.13. The monoisotopic (exact) mass is 371 g/mol. The number of nitrogens with zero attached hydrogens (tertiary/aromatic N) is 1. The lowest BCUT2D eigenvalue weighted by Crippen LogP contribution is -2.34. The van der Waals surface area contributed by atoms with Crippen molar-refractivity contribution in [2.45, 2.75) is 12.8 Å². The number of hydrogen-bond donors (Lipinski definition) is 2. The molecule has 0 bridgehead atoms. The number of anilines is 1. The lowest BCUT2D eigenvalue weighted by atomic mass is 10.2. The van der Waals surface area contributed by atoms with Gasteiger partial charge in [-0.3, -0.25) is 14.9 Å². The van der Waals surface area contributed by atoms with Gasteiger partial charge in [-0.05, 0) is 61.5 Å². The molecule has 0 atom stereocenters. The zero-order valence-corrected chi connectivity index (χ0v) is 14.8. The van der Waals surface area contributed by atoms with Gasteiger partial charge in [-0.1, -0.05) is 12.1 Å². The fourth-order valence-electron chi connectivity index (χ4n) is 2.78. The van der Waals surface area contributed by atoms with E-state index in [0.29, 0.717) is 11.3 Å². The van der Waals surface area contributed by atoms with Crippen molar-refractivity contribution in [1.82, 2.24) is 10.2 Å². The van der Waals surface area contributed by atoms with E-state index in [2.05, 4.69) is 10.6 Å². The first-order chi connectivity index (χ1) is 12.5. The van der Waals surface area contributed by atoms with Gasteiger partial charge in [0.2, 0.25) is 0 Å². The molecular formula is C19H18FN3O2S. The quantitative estimate of drug-likeness (QED) is 0.814. The fraction of sp³-hybridized carbons (Fsp3) is 0.211. The molecule has 2 aromatic rings. The molecule has 1 fully saturated rings. The maximum atomic E-state index is 13.6. The van der Waals surface area contributed by atoms with Crippen LogP contribution in [0, 0.1) is 5.82 Å². The molecular weight excluding hydrogens is 353 g/mol. The predicted molar refractivity (Wildman–Crippen MR) is 102 cm³/mol. The molecule has 7 heteroatoms. The van der Waals surface area contributed by atoms with Crippen LogP contribution in [0.3, 0.4) is 0 Å². The molecule has 1 heterocycles. The van der Waals surface area contributed by atoms with Crippen molar-refractivity contribution in [1.29, 1.82) is 0 Å². The van der Waals surface area contributed by atoms with Crippen LogP contribution in [-0.2, 0) is 0 Å². The summed E-state index contributed by atoms with van der Waals surface area (Å²) in [6, 6.07) is 12.5. The smallest absolute Gasteiger partial charge is 0.260 e. The summed E-state index contributed by atoms with van der Waals surface area (Å²) in [6.07, 6.45) is 2.09. The van der Waals surface area contributed by atoms with Gasteiger partial charge >= 0.3 is 0 Å². The molecule has 0 saturated carbocycles. The maximum absolute atomic E-state index is 13.6. The van der Waals surface area contributed by atoms with Crippen LogP contribution in [0.4, 0.5) is 10.1 Å². The third-order valence-corrected chi connectivity index (χ3v) is 4.33. The Morgan fingerprint density at radius 1 is 1.00 bits per heavy atom. The predicted octanol–water partition coefficient (Wildman–Crippen LogP) is 3.19. The molecule has 134 valence electrons. The van der Waals surface area contributed by atoms with E-state index in [-0.39, 0.29) is 16.6 Å². The van der Waals surface area contributed by atoms with E-state index < -0.39 is 11.7 Å². The third kappa shape index (κ3) is 4.23. The van der Waals surface area contributed by atoms with E-state index in [9.17, 15) is 14.0 Å². The van der Waals surface area contributed by atoms with Crippen molar-refractivity contribution in [2.75, 3.05) is 18.4 Å². The van der Waals surface area contributed by atoms with Crippen LogP contribution in [0.15, 0.2) is 48.5 Å². The summed E-state index contributed by atoms with van der Waals surface area (Å²) < 4.78 is 13.6. The first-order valence-corrected chi connectivity index (χ1v) is 8.71. The summed E-state index contributed by atoms with van der Waals surface area (Å²) in [6.45, 7) is 1.59. The number of carbonyl (C=O) groups excluding carboxylic acids is 2. The maximum Gasteiger partial charge on any atom is 0.260 e. The van der Waals surface area contributed by atoms with Gasteiger partial charge in [0.05, 0.1) is 5.56 Å². The van der Waals surface area contributed by atoms with Crippen LogP contribution >= 0.6 is 12.2 Å². The van der Waals surface area contributed by atoms with Gasteiger partial charge in [0.1, 0.15) is 5.82 Å². The summed E-state index contributed by atoms with van der Waals surface area (Å²) in [5.74, 6) is -1.22. The fourth-order valence-corrected chi connectivity index (χ4v) is 2.99. The molecule has 0 aromatic heterocycles. The summed E-state index contributed by atoms with van der Waals surface area (Å²) in [5.41, 5.74) is 1.16. The average Bonchev–Trinajstić information content (AvgIpc) is 3.16. The highest BCUT2D eigenvalue weighted by Gasteiger charge is 2.19. The first kappa shape index (κ1) is 18.0. The Labute approximate surface area is 156 Å². The van der Waals surface area contributed by atoms with E-state index >= 15 is 0 Å². The topological polar surface area (TPSA) is 61.4 Å². The molecule has 2 N–H and O–H groups in total. The average molecular weight is 371 g/mol. The largest absolute Gasteiger partial charge is 0.339 e. The lowest BCUT2D eigenvalue weighted by molar-refractivity contribution is 0.0792. The van der Waals surface area contributed by atoms with Gasteiger partial charge in [-0.2, -0.15) is 0 Å². The Kier molecular flexibility index (Phi) is 5.58. The van der Waals surface area contributed by atoms with Crippen molar-refractivity contribution in [2.24, 2.45) is 0 Å². The van der Waals surface area contributed by atoms with Gasteiger partial charge in [-0.25, -0.2) is 4.39 Å². The molecule has 0 unspecified atom stereocenters. The Morgan fingerprint density at radius 2 is 1.65 bits per heavy atom. The second-order valence-corrected chi connectivity index (χ2v) is 6.37. The first-order valence-electron chi connectivity index (χ1n) is 8.31. The minimum Gasteiger partial charge on any atom is -0.339 e. The van der Waals surface area contributed by atoms with Gasteiger partial charge < -0.3 is 10.2 Å². The minimum atomic E-state index is -0.624. The highest BCUT2D eigenvalue weighted by Crippen LogP contribution is 2.15. The minimum absolute atomic E-state index is 0.0180. The SMILES string of the molecule is O=C(NC(=S)Nc1ccc(C(=O)N2CCCC2)cc1)c1ccccc1F. The molecule has 1 aliphatic rings. The Hall–Kier alpha value is -2.80. The van der Waals surface area contributed by atoms with E-state index in [1.54, 1.807) is 30.3 Å². The second-order valence-electron chi connectivity index (χ2n) is 5.96. The van der Waals surface area contributed by atoms with Gasteiger partial charge in [0.25, 0.3) is 11.8 Å². The summed E-state index contributed by atoms with van der Waals surface area (Å²) in [5, 5.41) is 5.34. The van der Waals surface area contributed by atoms with Crippen LogP contribution in [0.2, 0.25) is 0 Å². The van der Waals surface area contributed by atoms with Gasteiger partial charge in [0.15, 0.2) is 5.11 Å². The Morgan fingerprint density at radius 3 is 2.31 bits per heavy atom. The van der Waals surface area contributed by atoms with E-state index in [1.165, 1.54) is 18.2 Å². The van der Waals surface area contributed by atoms with Crippen molar-refractivity contribution in [3.8, 4) is 0 Å². The number of likely N-dealkylation sites (tertiary alicyclic amines) is 1. The Balaban J connectivity index is 1.58. The second kappa shape index (κ2) is 8.05. The molecule has 5 nitrogen and oxygen atoms in total. The molecule has 1 aliphatic heterocycles. The van der Waals surface area contributed by atoms with Crippen LogP contribution in [0.25, 0.3) is 0 Å². The van der Waals surface area contributed by atoms with E-state index in [1.807, 2.05) is 4.90 Å². The number of rotatable bonds is 3. The van der Waals surface area contributed by atoms with Crippen molar-refractivity contribution >= 4 is 34.8 Å². The zero-order chi connectivity index (χ0) is 18.5. The normalized spacial score (nSPS) is 13.3. The number of nitrogens with one attached hydrogen (secondary N) is 2. The highest BCUT2D eigenvalue weighted by atomic mass is 32.1. The number of halogens is 1. The van der Waals surface area contributed by atoms with Gasteiger partial charge in [0, 0.05) is 24.3 Å². The number of thiocarbonyl (C=S) groups is 1. The highest BCUT2D eigenvalue weighted by molar-refractivity contribution is 7.80. The molecule has 1 saturated heterocycles. The molecule has 0 radical (unpaired) electrons. The van der Waals surface area contributed by atoms with Crippen molar-refractivity contribution in [3.05, 3.63) is 65.5 Å². The number of carbonyl (C=O) groups is 2. The zero-order valence-electron chi connectivity index (χ0n) is 14.0. The van der Waals surface area contributed by atoms with Crippen molar-refractivity contribution < 1.29 is 14.0 Å². The van der Waals surface area contributed by atoms with Crippen molar-refractivity contribution in [3.63, 3.8) is 0 Å². The van der Waals surface area contributed by atoms with Gasteiger partial charge in [-0.15, -0.1) is 0 Å². The number of benzene rings is 2. The van der Waals surface area contributed by atoms with E-state index in [0.717, 1.165) is 25.9 Å². The van der Waals surface area contributed by atoms with E-state index in [4.69, 9.17) is 12.2 Å². The molecule has 26 heavy (non-hydrogen) atoms. The summed E-state index contributed by atoms with van der Waals surface area (Å²) in [4.78, 5) is 26.2. The summed E-state index contributed by atoms with van der Waals surface area (Å²) in [7, 11) is 0. The molecule has 2 amide bonds. The van der Waals surface area contributed by atoms with Crippen LogP contribution in [-0.4, -0.2) is 34.9 Å². The number of hydrogen-bond acceptors (Lipinski definition) is 3. The molecule has 0 spiro atoms.